The number of hydrogen-bond donors (Lipinski definition) is 1. The molecule has 1 rings (SSSR count). The van der Waals surface area contributed by atoms with E-state index in [1.54, 1.807) is 0 Å². The monoisotopic (exact) mass is 365 g/mol. The summed E-state index contributed by atoms with van der Waals surface area (Å²) in [6.07, 6.45) is -4.55. The molecule has 0 amide bonds. The summed E-state index contributed by atoms with van der Waals surface area (Å²) >= 11 is 8.17. The molecule has 0 unspecified atom stereocenters. The average molecular weight is 367 g/mol. The fourth-order valence-corrected chi connectivity index (χ4v) is 3.03. The fourth-order valence-electron chi connectivity index (χ4n) is 1.14. The summed E-state index contributed by atoms with van der Waals surface area (Å²) in [4.78, 5) is 0. The predicted octanol–water partition coefficient (Wildman–Crippen LogP) is 3.45. The Hall–Kier alpha value is -0.470. The van der Waals surface area contributed by atoms with E-state index in [2.05, 4.69) is 15.9 Å². The summed E-state index contributed by atoms with van der Waals surface area (Å²) in [5, 5.41) is 0. The molecular formula is C9H8BrClF3NO2S. The van der Waals surface area contributed by atoms with Crippen LogP contribution in [0.25, 0.3) is 0 Å². The second-order valence-corrected chi connectivity index (χ2v) is 6.47. The van der Waals surface area contributed by atoms with Gasteiger partial charge >= 0.3 is 6.18 Å². The van der Waals surface area contributed by atoms with Gasteiger partial charge in [-0.1, -0.05) is 15.9 Å². The number of benzene rings is 1. The summed E-state index contributed by atoms with van der Waals surface area (Å²) < 4.78 is 62.4. The van der Waals surface area contributed by atoms with Crippen molar-refractivity contribution in [3.63, 3.8) is 0 Å². The van der Waals surface area contributed by atoms with Crippen LogP contribution in [-0.2, 0) is 16.2 Å². The molecule has 0 spiro atoms. The Bertz CT molecular complexity index is 533. The number of halogens is 5. The first-order chi connectivity index (χ1) is 8.14. The first-order valence-electron chi connectivity index (χ1n) is 4.58. The van der Waals surface area contributed by atoms with Crippen molar-refractivity contribution in [2.24, 2.45) is 0 Å². The molecule has 1 aromatic carbocycles. The van der Waals surface area contributed by atoms with E-state index >= 15 is 0 Å². The van der Waals surface area contributed by atoms with E-state index in [0.717, 1.165) is 12.1 Å². The van der Waals surface area contributed by atoms with Gasteiger partial charge in [-0.15, -0.1) is 11.6 Å². The Morgan fingerprint density at radius 3 is 2.39 bits per heavy atom. The molecule has 0 radical (unpaired) electrons. The van der Waals surface area contributed by atoms with E-state index in [9.17, 15) is 21.6 Å². The van der Waals surface area contributed by atoms with Gasteiger partial charge in [0.05, 0.1) is 17.0 Å². The van der Waals surface area contributed by atoms with E-state index in [4.69, 9.17) is 11.6 Å². The third kappa shape index (κ3) is 4.66. The molecule has 3 nitrogen and oxygen atoms in total. The van der Waals surface area contributed by atoms with E-state index in [-0.39, 0.29) is 21.8 Å². The van der Waals surface area contributed by atoms with Crippen molar-refractivity contribution in [3.05, 3.63) is 28.2 Å². The van der Waals surface area contributed by atoms with Gasteiger partial charge in [0.1, 0.15) is 0 Å². The molecule has 0 heterocycles. The van der Waals surface area contributed by atoms with Crippen LogP contribution in [0, 0.1) is 0 Å². The fraction of sp³-hybridized carbons (Fsp3) is 0.333. The van der Waals surface area contributed by atoms with E-state index in [1.165, 1.54) is 6.07 Å². The van der Waals surface area contributed by atoms with Gasteiger partial charge in [0.15, 0.2) is 0 Å². The van der Waals surface area contributed by atoms with Crippen molar-refractivity contribution in [2.45, 2.75) is 6.18 Å². The van der Waals surface area contributed by atoms with Crippen LogP contribution in [-0.4, -0.2) is 20.1 Å². The standard InChI is InChI=1S/C9H8BrClF3NO2S/c10-7-3-6(9(12,13)14)4-8(5-7)15-18(16,17)2-1-11/h3-5,15H,1-2H2. The van der Waals surface area contributed by atoms with Crippen molar-refractivity contribution >= 4 is 43.2 Å². The van der Waals surface area contributed by atoms with Gasteiger partial charge in [0, 0.05) is 10.4 Å². The molecule has 18 heavy (non-hydrogen) atoms. The summed E-state index contributed by atoms with van der Waals surface area (Å²) in [7, 11) is -3.73. The Morgan fingerprint density at radius 2 is 1.89 bits per heavy atom. The number of rotatable bonds is 4. The number of nitrogens with one attached hydrogen (secondary N) is 1. The van der Waals surface area contributed by atoms with Crippen LogP contribution in [0.3, 0.4) is 0 Å². The molecule has 9 heteroatoms. The van der Waals surface area contributed by atoms with Crippen molar-refractivity contribution in [3.8, 4) is 0 Å². The van der Waals surface area contributed by atoms with Crippen LogP contribution >= 0.6 is 27.5 Å². The summed E-state index contributed by atoms with van der Waals surface area (Å²) in [5.41, 5.74) is -1.11. The highest BCUT2D eigenvalue weighted by molar-refractivity contribution is 9.10. The largest absolute Gasteiger partial charge is 0.416 e. The second kappa shape index (κ2) is 5.66. The minimum atomic E-state index is -4.55. The van der Waals surface area contributed by atoms with Crippen molar-refractivity contribution < 1.29 is 21.6 Å². The molecular weight excluding hydrogens is 359 g/mol. The van der Waals surface area contributed by atoms with Crippen LogP contribution in [0.15, 0.2) is 22.7 Å². The molecule has 0 aliphatic carbocycles. The zero-order valence-electron chi connectivity index (χ0n) is 8.76. The van der Waals surface area contributed by atoms with Gasteiger partial charge in [0.25, 0.3) is 0 Å². The lowest BCUT2D eigenvalue weighted by Crippen LogP contribution is -2.18. The highest BCUT2D eigenvalue weighted by Gasteiger charge is 2.31. The zero-order valence-corrected chi connectivity index (χ0v) is 11.9. The maximum atomic E-state index is 12.5. The topological polar surface area (TPSA) is 46.2 Å². The molecule has 102 valence electrons. The van der Waals surface area contributed by atoms with Crippen LogP contribution in [0.2, 0.25) is 0 Å². The molecule has 1 N–H and O–H groups in total. The first-order valence-corrected chi connectivity index (χ1v) is 7.56. The third-order valence-corrected chi connectivity index (χ3v) is 4.00. The van der Waals surface area contributed by atoms with Crippen LogP contribution < -0.4 is 4.72 Å². The second-order valence-electron chi connectivity index (χ2n) is 3.34. The van der Waals surface area contributed by atoms with Crippen LogP contribution in [0.4, 0.5) is 18.9 Å². The van der Waals surface area contributed by atoms with Crippen LogP contribution in [0.5, 0.6) is 0 Å². The lowest BCUT2D eigenvalue weighted by atomic mass is 10.2. The Balaban J connectivity index is 3.08. The Morgan fingerprint density at radius 1 is 1.28 bits per heavy atom. The molecule has 1 aromatic rings. The van der Waals surface area contributed by atoms with Crippen molar-refractivity contribution in [1.29, 1.82) is 0 Å². The number of hydrogen-bond acceptors (Lipinski definition) is 2. The van der Waals surface area contributed by atoms with Gasteiger partial charge < -0.3 is 0 Å². The molecule has 0 saturated heterocycles. The number of anilines is 1. The van der Waals surface area contributed by atoms with Crippen molar-refractivity contribution in [2.75, 3.05) is 16.4 Å². The Labute approximate surface area is 116 Å². The van der Waals surface area contributed by atoms with E-state index in [0.29, 0.717) is 0 Å². The smallest absolute Gasteiger partial charge is 0.283 e. The highest BCUT2D eigenvalue weighted by atomic mass is 79.9. The summed E-state index contributed by atoms with van der Waals surface area (Å²) in [5.74, 6) is -0.516. The van der Waals surface area contributed by atoms with Gasteiger partial charge in [-0.25, -0.2) is 8.42 Å². The lowest BCUT2D eigenvalue weighted by molar-refractivity contribution is -0.137. The van der Waals surface area contributed by atoms with Crippen LogP contribution in [0.1, 0.15) is 5.56 Å². The first kappa shape index (κ1) is 15.6. The lowest BCUT2D eigenvalue weighted by Gasteiger charge is -2.11. The number of alkyl halides is 4. The highest BCUT2D eigenvalue weighted by Crippen LogP contribution is 2.33. The van der Waals surface area contributed by atoms with Gasteiger partial charge in [-0.05, 0) is 18.2 Å². The molecule has 0 aliphatic rings. The third-order valence-electron chi connectivity index (χ3n) is 1.84. The molecule has 0 saturated carbocycles. The molecule has 0 bridgehead atoms. The summed E-state index contributed by atoms with van der Waals surface area (Å²) in [6, 6.07) is 2.82. The maximum absolute atomic E-state index is 12.5. The van der Waals surface area contributed by atoms with Gasteiger partial charge in [0.2, 0.25) is 10.0 Å². The minimum absolute atomic E-state index is 0.126. The Kier molecular flexibility index (Phi) is 4.90. The molecule has 0 atom stereocenters. The van der Waals surface area contributed by atoms with E-state index < -0.39 is 21.8 Å². The number of sulfonamides is 1. The molecule has 0 fully saturated rings. The molecule has 0 aromatic heterocycles. The summed E-state index contributed by atoms with van der Waals surface area (Å²) in [6.45, 7) is 0. The maximum Gasteiger partial charge on any atom is 0.416 e. The quantitative estimate of drug-likeness (QED) is 0.830. The van der Waals surface area contributed by atoms with E-state index in [1.807, 2.05) is 4.72 Å². The normalized spacial score (nSPS) is 12.5. The minimum Gasteiger partial charge on any atom is -0.283 e. The molecule has 0 aliphatic heterocycles. The van der Waals surface area contributed by atoms with Crippen molar-refractivity contribution in [1.82, 2.24) is 0 Å². The van der Waals surface area contributed by atoms with Gasteiger partial charge in [-0.2, -0.15) is 13.2 Å². The predicted molar refractivity (Wildman–Crippen MR) is 67.3 cm³/mol. The zero-order chi connectivity index (χ0) is 14.0. The van der Waals surface area contributed by atoms with Gasteiger partial charge in [-0.3, -0.25) is 4.72 Å². The SMILES string of the molecule is O=S(=O)(CCCl)Nc1cc(Br)cc(C(F)(F)F)c1. The average Bonchev–Trinajstić information content (AvgIpc) is 2.13.